The van der Waals surface area contributed by atoms with Gasteiger partial charge in [-0.1, -0.05) is 42.5 Å². The Morgan fingerprint density at radius 2 is 1.54 bits per heavy atom. The van der Waals surface area contributed by atoms with Gasteiger partial charge in [-0.15, -0.1) is 0 Å². The predicted molar refractivity (Wildman–Crippen MR) is 96.3 cm³/mol. The molecule has 24 heavy (non-hydrogen) atoms. The highest BCUT2D eigenvalue weighted by Crippen LogP contribution is 2.30. The Bertz CT molecular complexity index is 637. The third-order valence-corrected chi connectivity index (χ3v) is 4.49. The SMILES string of the molecule is CCOc1cccc(CN2CCN(Cc3ccccc3)CC2)c1O. The molecule has 1 fully saturated rings. The largest absolute Gasteiger partial charge is 0.504 e. The zero-order chi connectivity index (χ0) is 16.8. The summed E-state index contributed by atoms with van der Waals surface area (Å²) in [5, 5.41) is 10.3. The molecular weight excluding hydrogens is 300 g/mol. The molecule has 0 amide bonds. The van der Waals surface area contributed by atoms with Crippen molar-refractivity contribution in [2.45, 2.75) is 20.0 Å². The zero-order valence-electron chi connectivity index (χ0n) is 14.3. The second kappa shape index (κ2) is 8.18. The predicted octanol–water partition coefficient (Wildman–Crippen LogP) is 3.11. The van der Waals surface area contributed by atoms with Crippen LogP contribution in [0.15, 0.2) is 48.5 Å². The molecule has 0 aromatic heterocycles. The van der Waals surface area contributed by atoms with Gasteiger partial charge in [0, 0.05) is 44.8 Å². The Morgan fingerprint density at radius 3 is 2.21 bits per heavy atom. The maximum absolute atomic E-state index is 10.3. The molecule has 4 nitrogen and oxygen atoms in total. The Hall–Kier alpha value is -2.04. The van der Waals surface area contributed by atoms with E-state index < -0.39 is 0 Å². The van der Waals surface area contributed by atoms with Crippen LogP contribution in [0.4, 0.5) is 0 Å². The van der Waals surface area contributed by atoms with Crippen molar-refractivity contribution in [2.24, 2.45) is 0 Å². The lowest BCUT2D eigenvalue weighted by atomic mass is 10.1. The molecular formula is C20H26N2O2. The fraction of sp³-hybridized carbons (Fsp3) is 0.400. The highest BCUT2D eigenvalue weighted by Gasteiger charge is 2.19. The second-order valence-corrected chi connectivity index (χ2v) is 6.23. The molecule has 2 aromatic rings. The number of nitrogens with zero attached hydrogens (tertiary/aromatic N) is 2. The number of aromatic hydroxyl groups is 1. The summed E-state index contributed by atoms with van der Waals surface area (Å²) in [6.45, 7) is 8.43. The van der Waals surface area contributed by atoms with Crippen molar-refractivity contribution in [3.8, 4) is 11.5 Å². The average Bonchev–Trinajstić information content (AvgIpc) is 2.61. The second-order valence-electron chi connectivity index (χ2n) is 6.23. The Kier molecular flexibility index (Phi) is 5.72. The molecule has 0 spiro atoms. The Balaban J connectivity index is 1.53. The zero-order valence-corrected chi connectivity index (χ0v) is 14.3. The summed E-state index contributed by atoms with van der Waals surface area (Å²) in [6, 6.07) is 16.4. The van der Waals surface area contributed by atoms with Gasteiger partial charge in [-0.2, -0.15) is 0 Å². The quantitative estimate of drug-likeness (QED) is 0.885. The van der Waals surface area contributed by atoms with Crippen LogP contribution < -0.4 is 4.74 Å². The van der Waals surface area contributed by atoms with E-state index in [1.165, 1.54) is 5.56 Å². The Labute approximate surface area is 144 Å². The maximum Gasteiger partial charge on any atom is 0.162 e. The van der Waals surface area contributed by atoms with Gasteiger partial charge in [0.25, 0.3) is 0 Å². The molecule has 4 heteroatoms. The van der Waals surface area contributed by atoms with Crippen LogP contribution in [0.25, 0.3) is 0 Å². The number of hydrogen-bond acceptors (Lipinski definition) is 4. The van der Waals surface area contributed by atoms with Crippen LogP contribution in [0.1, 0.15) is 18.1 Å². The van der Waals surface area contributed by atoms with Crippen molar-refractivity contribution >= 4 is 0 Å². The number of phenolic OH excluding ortho intramolecular Hbond substituents is 1. The lowest BCUT2D eigenvalue weighted by molar-refractivity contribution is 0.121. The molecule has 3 rings (SSSR count). The molecule has 0 bridgehead atoms. The van der Waals surface area contributed by atoms with Crippen LogP contribution >= 0.6 is 0 Å². The number of benzene rings is 2. The molecule has 128 valence electrons. The number of ether oxygens (including phenoxy) is 1. The summed E-state index contributed by atoms with van der Waals surface area (Å²) in [4.78, 5) is 4.88. The van der Waals surface area contributed by atoms with Gasteiger partial charge in [-0.3, -0.25) is 9.80 Å². The van der Waals surface area contributed by atoms with Crippen molar-refractivity contribution in [1.82, 2.24) is 9.80 Å². The summed E-state index contributed by atoms with van der Waals surface area (Å²) in [5.41, 5.74) is 2.31. The third kappa shape index (κ3) is 4.28. The fourth-order valence-electron chi connectivity index (χ4n) is 3.16. The van der Waals surface area contributed by atoms with E-state index in [2.05, 4.69) is 40.1 Å². The smallest absolute Gasteiger partial charge is 0.162 e. The van der Waals surface area contributed by atoms with Crippen LogP contribution in [0.3, 0.4) is 0 Å². The first-order chi connectivity index (χ1) is 11.8. The van der Waals surface area contributed by atoms with Crippen molar-refractivity contribution in [2.75, 3.05) is 32.8 Å². The average molecular weight is 326 g/mol. The molecule has 0 saturated carbocycles. The van der Waals surface area contributed by atoms with E-state index in [1.54, 1.807) is 0 Å². The molecule has 1 aliphatic rings. The molecule has 2 aromatic carbocycles. The van der Waals surface area contributed by atoms with Crippen LogP contribution in [0.5, 0.6) is 11.5 Å². The van der Waals surface area contributed by atoms with E-state index in [0.717, 1.165) is 44.8 Å². The summed E-state index contributed by atoms with van der Waals surface area (Å²) in [7, 11) is 0. The van der Waals surface area contributed by atoms with Gasteiger partial charge in [0.1, 0.15) is 0 Å². The van der Waals surface area contributed by atoms with E-state index in [0.29, 0.717) is 12.4 Å². The molecule has 1 heterocycles. The first-order valence-corrected chi connectivity index (χ1v) is 8.68. The van der Waals surface area contributed by atoms with Gasteiger partial charge in [-0.25, -0.2) is 0 Å². The van der Waals surface area contributed by atoms with Crippen molar-refractivity contribution < 1.29 is 9.84 Å². The summed E-state index contributed by atoms with van der Waals surface area (Å²) in [6.07, 6.45) is 0. The molecule has 0 aliphatic carbocycles. The van der Waals surface area contributed by atoms with Gasteiger partial charge in [0.2, 0.25) is 0 Å². The van der Waals surface area contributed by atoms with E-state index >= 15 is 0 Å². The van der Waals surface area contributed by atoms with E-state index in [1.807, 2.05) is 25.1 Å². The molecule has 0 atom stereocenters. The highest BCUT2D eigenvalue weighted by atomic mass is 16.5. The third-order valence-electron chi connectivity index (χ3n) is 4.49. The van der Waals surface area contributed by atoms with Gasteiger partial charge in [-0.05, 0) is 18.6 Å². The topological polar surface area (TPSA) is 35.9 Å². The standard InChI is InChI=1S/C20H26N2O2/c1-2-24-19-10-6-9-18(20(19)23)16-22-13-11-21(12-14-22)15-17-7-4-3-5-8-17/h3-10,23H,2,11-16H2,1H3. The molecule has 0 unspecified atom stereocenters. The number of piperazine rings is 1. The van der Waals surface area contributed by atoms with Crippen LogP contribution in [0, 0.1) is 0 Å². The molecule has 1 N–H and O–H groups in total. The van der Waals surface area contributed by atoms with Crippen LogP contribution in [-0.2, 0) is 13.1 Å². The minimum Gasteiger partial charge on any atom is -0.504 e. The monoisotopic (exact) mass is 326 g/mol. The van der Waals surface area contributed by atoms with E-state index in [-0.39, 0.29) is 5.75 Å². The van der Waals surface area contributed by atoms with Gasteiger partial charge < -0.3 is 9.84 Å². The van der Waals surface area contributed by atoms with Crippen molar-refractivity contribution in [3.05, 3.63) is 59.7 Å². The minimum absolute atomic E-state index is 0.283. The number of para-hydroxylation sites is 1. The lowest BCUT2D eigenvalue weighted by Crippen LogP contribution is -2.45. The minimum atomic E-state index is 0.283. The van der Waals surface area contributed by atoms with E-state index in [4.69, 9.17) is 4.74 Å². The molecule has 1 aliphatic heterocycles. The first-order valence-electron chi connectivity index (χ1n) is 8.68. The maximum atomic E-state index is 10.3. The van der Waals surface area contributed by atoms with Gasteiger partial charge in [0.15, 0.2) is 11.5 Å². The van der Waals surface area contributed by atoms with Crippen molar-refractivity contribution in [1.29, 1.82) is 0 Å². The van der Waals surface area contributed by atoms with Gasteiger partial charge in [0.05, 0.1) is 6.61 Å². The van der Waals surface area contributed by atoms with Gasteiger partial charge >= 0.3 is 0 Å². The summed E-state index contributed by atoms with van der Waals surface area (Å²) in [5.74, 6) is 0.865. The summed E-state index contributed by atoms with van der Waals surface area (Å²) >= 11 is 0. The highest BCUT2D eigenvalue weighted by molar-refractivity contribution is 5.45. The number of rotatable bonds is 6. The number of phenols is 1. The van der Waals surface area contributed by atoms with Crippen LogP contribution in [0.2, 0.25) is 0 Å². The lowest BCUT2D eigenvalue weighted by Gasteiger charge is -2.34. The van der Waals surface area contributed by atoms with E-state index in [9.17, 15) is 5.11 Å². The fourth-order valence-corrected chi connectivity index (χ4v) is 3.16. The molecule has 0 radical (unpaired) electrons. The normalized spacial score (nSPS) is 16.2. The first kappa shape index (κ1) is 16.8. The van der Waals surface area contributed by atoms with Crippen LogP contribution in [-0.4, -0.2) is 47.7 Å². The van der Waals surface area contributed by atoms with Crippen molar-refractivity contribution in [3.63, 3.8) is 0 Å². The summed E-state index contributed by atoms with van der Waals surface area (Å²) < 4.78 is 5.47. The Morgan fingerprint density at radius 1 is 0.875 bits per heavy atom. The molecule has 1 saturated heterocycles. The number of hydrogen-bond donors (Lipinski definition) is 1.